The van der Waals surface area contributed by atoms with E-state index in [2.05, 4.69) is 58.8 Å². The van der Waals surface area contributed by atoms with E-state index in [4.69, 9.17) is 0 Å². The molecule has 3 heterocycles. The second kappa shape index (κ2) is 9.92. The van der Waals surface area contributed by atoms with Crippen molar-refractivity contribution in [3.63, 3.8) is 0 Å². The zero-order chi connectivity index (χ0) is 30.8. The van der Waals surface area contributed by atoms with Crippen LogP contribution in [0.5, 0.6) is 0 Å². The molecular formula is C34H33N9O. The van der Waals surface area contributed by atoms with Gasteiger partial charge >= 0.3 is 0 Å². The van der Waals surface area contributed by atoms with E-state index in [1.54, 1.807) is 23.9 Å². The molecule has 2 aromatic carbocycles. The Kier molecular flexibility index (Phi) is 6.22. The first-order valence-corrected chi connectivity index (χ1v) is 14.9. The molecule has 0 spiro atoms. The van der Waals surface area contributed by atoms with Crippen molar-refractivity contribution >= 4 is 33.1 Å². The number of hydrogen-bond acceptors (Lipinski definition) is 8. The lowest BCUT2D eigenvalue weighted by atomic mass is 9.50. The van der Waals surface area contributed by atoms with Crippen LogP contribution in [0.2, 0.25) is 0 Å². The maximum absolute atomic E-state index is 13.1. The monoisotopic (exact) mass is 583 g/mol. The van der Waals surface area contributed by atoms with Gasteiger partial charge in [0.1, 0.15) is 17.8 Å². The smallest absolute Gasteiger partial charge is 0.258 e. The minimum Gasteiger partial charge on any atom is -0.383 e. The summed E-state index contributed by atoms with van der Waals surface area (Å²) in [4.78, 5) is 17.6. The van der Waals surface area contributed by atoms with Gasteiger partial charge < -0.3 is 15.2 Å². The van der Waals surface area contributed by atoms with Gasteiger partial charge in [-0.2, -0.15) is 10.5 Å². The van der Waals surface area contributed by atoms with Gasteiger partial charge in [0, 0.05) is 42.4 Å². The van der Waals surface area contributed by atoms with Crippen LogP contribution < -0.4 is 16.2 Å². The zero-order valence-corrected chi connectivity index (χ0v) is 25.2. The third-order valence-electron chi connectivity index (χ3n) is 9.08. The number of aromatic nitrogens is 5. The van der Waals surface area contributed by atoms with Gasteiger partial charge in [0.15, 0.2) is 0 Å². The summed E-state index contributed by atoms with van der Waals surface area (Å²) in [5.74, 6) is 0.792. The van der Waals surface area contributed by atoms with Crippen LogP contribution in [0, 0.1) is 34.0 Å². The second-order valence-electron chi connectivity index (χ2n) is 13.5. The number of hydrogen-bond donors (Lipinski definition) is 2. The number of aryl methyl sites for hydroxylation is 1. The molecule has 220 valence electrons. The Morgan fingerprint density at radius 2 is 1.84 bits per heavy atom. The predicted octanol–water partition coefficient (Wildman–Crippen LogP) is 5.59. The SMILES string of the molecule is Cn1ccc2c([C@H](Nc3cc(C#N)c4ncc(C#N)c(NCC(C)(C)C)c4c3)c3cn(C45CC(C4)C5)nn3)cccc2c1=O. The summed E-state index contributed by atoms with van der Waals surface area (Å²) in [6.45, 7) is 6.97. The van der Waals surface area contributed by atoms with Gasteiger partial charge in [0.05, 0.1) is 40.1 Å². The largest absolute Gasteiger partial charge is 0.383 e. The standard InChI is InChI=1S/C34H33N9O/c1-33(2,3)19-38-30-22(16-36)17-37-29-21(15-35)10-23(11-27(29)30)39-31(28-18-43(41-40-28)34-12-20(13-34)14-34)25-6-5-7-26-24(25)8-9-42(4)32(26)44/h5-11,17-18,20,31,39H,12-14,19H2,1-4H3,(H,37,38)/t20?,31-,34?/m0/s1. The molecule has 1 atom stereocenters. The molecule has 3 saturated carbocycles. The van der Waals surface area contributed by atoms with E-state index < -0.39 is 6.04 Å². The number of rotatable bonds is 7. The van der Waals surface area contributed by atoms with Crippen LogP contribution in [0.4, 0.5) is 11.4 Å². The summed E-state index contributed by atoms with van der Waals surface area (Å²) in [7, 11) is 1.74. The molecule has 0 amide bonds. The van der Waals surface area contributed by atoms with Crippen molar-refractivity contribution in [3.8, 4) is 12.1 Å². The summed E-state index contributed by atoms with van der Waals surface area (Å²) in [6, 6.07) is 15.4. The summed E-state index contributed by atoms with van der Waals surface area (Å²) < 4.78 is 3.59. The number of benzene rings is 2. The molecule has 0 radical (unpaired) electrons. The van der Waals surface area contributed by atoms with Crippen molar-refractivity contribution in [2.75, 3.05) is 17.2 Å². The number of nitriles is 2. The molecule has 3 aromatic heterocycles. The molecule has 0 aliphatic heterocycles. The number of fused-ring (bicyclic) bond motifs is 2. The lowest BCUT2D eigenvalue weighted by Gasteiger charge is -2.61. The highest BCUT2D eigenvalue weighted by Crippen LogP contribution is 2.62. The number of nitrogens with zero attached hydrogens (tertiary/aromatic N) is 7. The predicted molar refractivity (Wildman–Crippen MR) is 169 cm³/mol. The zero-order valence-electron chi connectivity index (χ0n) is 25.2. The van der Waals surface area contributed by atoms with E-state index in [0.717, 1.165) is 41.8 Å². The van der Waals surface area contributed by atoms with Crippen LogP contribution in [0.15, 0.2) is 59.8 Å². The molecule has 44 heavy (non-hydrogen) atoms. The fraction of sp³-hybridized carbons (Fsp3) is 0.353. The average molecular weight is 584 g/mol. The maximum Gasteiger partial charge on any atom is 0.258 e. The molecule has 10 nitrogen and oxygen atoms in total. The quantitative estimate of drug-likeness (QED) is 0.253. The van der Waals surface area contributed by atoms with Gasteiger partial charge in [-0.05, 0) is 65.8 Å². The molecule has 0 unspecified atom stereocenters. The second-order valence-corrected chi connectivity index (χ2v) is 13.5. The lowest BCUT2D eigenvalue weighted by molar-refractivity contribution is -0.0989. The van der Waals surface area contributed by atoms with Crippen molar-refractivity contribution < 1.29 is 0 Å². The molecule has 8 rings (SSSR count). The first kappa shape index (κ1) is 27.6. The summed E-state index contributed by atoms with van der Waals surface area (Å²) in [5, 5.41) is 38.5. The van der Waals surface area contributed by atoms with E-state index in [0.29, 0.717) is 45.3 Å². The average Bonchev–Trinajstić information content (AvgIpc) is 3.43. The van der Waals surface area contributed by atoms with Crippen LogP contribution in [-0.2, 0) is 12.6 Å². The minimum atomic E-state index is -0.478. The van der Waals surface area contributed by atoms with E-state index in [-0.39, 0.29) is 16.5 Å². The summed E-state index contributed by atoms with van der Waals surface area (Å²) in [6.07, 6.45) is 8.71. The Morgan fingerprint density at radius 1 is 1.07 bits per heavy atom. The van der Waals surface area contributed by atoms with Crippen molar-refractivity contribution in [1.29, 1.82) is 10.5 Å². The van der Waals surface area contributed by atoms with Crippen LogP contribution in [0.25, 0.3) is 21.7 Å². The van der Waals surface area contributed by atoms with E-state index in [1.807, 2.05) is 41.2 Å². The normalized spacial score (nSPS) is 19.5. The molecule has 2 bridgehead atoms. The summed E-state index contributed by atoms with van der Waals surface area (Å²) in [5.41, 5.74) is 4.16. The molecule has 3 aliphatic carbocycles. The van der Waals surface area contributed by atoms with Crippen LogP contribution in [-0.4, -0.2) is 31.1 Å². The Labute approximate surface area is 254 Å². The van der Waals surface area contributed by atoms with Crippen LogP contribution in [0.1, 0.15) is 68.5 Å². The fourth-order valence-electron chi connectivity index (χ4n) is 6.58. The van der Waals surface area contributed by atoms with Crippen LogP contribution >= 0.6 is 0 Å². The van der Waals surface area contributed by atoms with E-state index in [1.165, 1.54) is 6.20 Å². The van der Waals surface area contributed by atoms with E-state index in [9.17, 15) is 15.3 Å². The van der Waals surface area contributed by atoms with Gasteiger partial charge in [-0.15, -0.1) is 5.10 Å². The topological polar surface area (TPSA) is 137 Å². The first-order chi connectivity index (χ1) is 21.1. The maximum atomic E-state index is 13.1. The number of nitrogens with one attached hydrogen (secondary N) is 2. The third kappa shape index (κ3) is 4.46. The highest BCUT2D eigenvalue weighted by molar-refractivity contribution is 5.99. The number of anilines is 2. The van der Waals surface area contributed by atoms with Crippen molar-refractivity contribution in [3.05, 3.63) is 87.7 Å². The fourth-order valence-corrected chi connectivity index (χ4v) is 6.58. The van der Waals surface area contributed by atoms with Crippen LogP contribution in [0.3, 0.4) is 0 Å². The third-order valence-corrected chi connectivity index (χ3v) is 9.08. The van der Waals surface area contributed by atoms with Gasteiger partial charge in [0.25, 0.3) is 5.56 Å². The molecule has 0 saturated heterocycles. The van der Waals surface area contributed by atoms with Crippen molar-refractivity contribution in [1.82, 2.24) is 24.5 Å². The highest BCUT2D eigenvalue weighted by atomic mass is 16.1. The molecule has 3 fully saturated rings. The molecule has 2 N–H and O–H groups in total. The summed E-state index contributed by atoms with van der Waals surface area (Å²) >= 11 is 0. The van der Waals surface area contributed by atoms with Gasteiger partial charge in [-0.25, -0.2) is 4.68 Å². The highest BCUT2D eigenvalue weighted by Gasteiger charge is 2.59. The number of pyridine rings is 2. The first-order valence-electron chi connectivity index (χ1n) is 14.9. The molecular weight excluding hydrogens is 550 g/mol. The minimum absolute atomic E-state index is 0.0427. The van der Waals surface area contributed by atoms with Gasteiger partial charge in [-0.1, -0.05) is 38.1 Å². The Morgan fingerprint density at radius 3 is 2.52 bits per heavy atom. The van der Waals surface area contributed by atoms with E-state index >= 15 is 0 Å². The Bertz CT molecular complexity index is 2090. The Balaban J connectivity index is 1.39. The lowest BCUT2D eigenvalue weighted by Crippen LogP contribution is -2.59. The molecule has 10 heteroatoms. The molecule has 5 aromatic rings. The Hall–Kier alpha value is -5.22. The van der Waals surface area contributed by atoms with Crippen molar-refractivity contribution in [2.45, 2.75) is 51.6 Å². The van der Waals surface area contributed by atoms with Gasteiger partial charge in [-0.3, -0.25) is 9.78 Å². The van der Waals surface area contributed by atoms with Crippen molar-refractivity contribution in [2.24, 2.45) is 18.4 Å². The van der Waals surface area contributed by atoms with Gasteiger partial charge in [0.2, 0.25) is 0 Å². The molecule has 3 aliphatic rings.